The number of nitrogens with one attached hydrogen (secondary N) is 2. The molecule has 6 atom stereocenters. The molecule has 2 N–H and O–H groups in total. The summed E-state index contributed by atoms with van der Waals surface area (Å²) in [4.78, 5) is 25.3. The summed E-state index contributed by atoms with van der Waals surface area (Å²) in [5, 5.41) is 6.28. The molecule has 0 unspecified atom stereocenters. The minimum atomic E-state index is 0.206. The average Bonchev–Trinajstić information content (AvgIpc) is 3.63. The van der Waals surface area contributed by atoms with Gasteiger partial charge in [0, 0.05) is 23.2 Å². The first-order valence-corrected chi connectivity index (χ1v) is 12.9. The second-order valence-corrected chi connectivity index (χ2v) is 11.1. The number of carbonyl (C=O) groups is 2. The lowest BCUT2D eigenvalue weighted by atomic mass is 9.88. The minimum Gasteiger partial charge on any atom is -0.326 e. The van der Waals surface area contributed by atoms with Crippen molar-refractivity contribution in [2.75, 3.05) is 10.6 Å². The molecule has 2 aromatic carbocycles. The van der Waals surface area contributed by atoms with E-state index in [1.165, 1.54) is 49.7 Å². The van der Waals surface area contributed by atoms with Crippen LogP contribution in [0, 0.1) is 35.5 Å². The molecule has 0 spiro atoms. The summed E-state index contributed by atoms with van der Waals surface area (Å²) < 4.78 is 0. The van der Waals surface area contributed by atoms with Gasteiger partial charge in [0.25, 0.3) is 0 Å². The lowest BCUT2D eigenvalue weighted by Gasteiger charge is -2.21. The van der Waals surface area contributed by atoms with Crippen LogP contribution in [0.5, 0.6) is 0 Å². The van der Waals surface area contributed by atoms with Crippen molar-refractivity contribution >= 4 is 23.2 Å². The van der Waals surface area contributed by atoms with E-state index in [0.717, 1.165) is 42.5 Å². The standard InChI is InChI=1S/C29H34N2O2/c32-28(26-16-20-1-7-22(26)14-20)30-24-9-3-18(4-10-24)13-19-5-11-25(12-6-19)31-29(33)27-17-21-2-8-23(27)15-21/h3-6,9-12,20-23,26-27H,1-2,7-8,13-17H2,(H,30,32)(H,31,33)/t20-,21-,22-,23-,26-,27-/m0/s1. The molecule has 4 fully saturated rings. The summed E-state index contributed by atoms with van der Waals surface area (Å²) in [6, 6.07) is 16.5. The molecule has 4 nitrogen and oxygen atoms in total. The Kier molecular flexibility index (Phi) is 5.48. The maximum Gasteiger partial charge on any atom is 0.227 e. The van der Waals surface area contributed by atoms with Crippen LogP contribution in [0.15, 0.2) is 48.5 Å². The van der Waals surface area contributed by atoms with E-state index in [9.17, 15) is 9.59 Å². The van der Waals surface area contributed by atoms with Gasteiger partial charge in [0.05, 0.1) is 0 Å². The summed E-state index contributed by atoms with van der Waals surface area (Å²) in [6.07, 6.45) is 10.6. The monoisotopic (exact) mass is 442 g/mol. The van der Waals surface area contributed by atoms with E-state index in [1.54, 1.807) is 0 Å². The fourth-order valence-electron chi connectivity index (χ4n) is 7.25. The Morgan fingerprint density at radius 3 is 1.36 bits per heavy atom. The summed E-state index contributed by atoms with van der Waals surface area (Å²) in [5.41, 5.74) is 4.22. The molecule has 0 aromatic heterocycles. The van der Waals surface area contributed by atoms with Gasteiger partial charge in [-0.3, -0.25) is 9.59 Å². The Bertz CT molecular complexity index is 945. The van der Waals surface area contributed by atoms with Gasteiger partial charge in [0.1, 0.15) is 0 Å². The van der Waals surface area contributed by atoms with Crippen LogP contribution in [0.4, 0.5) is 11.4 Å². The quantitative estimate of drug-likeness (QED) is 0.574. The second kappa shape index (κ2) is 8.62. The topological polar surface area (TPSA) is 58.2 Å². The number of hydrogen-bond acceptors (Lipinski definition) is 2. The van der Waals surface area contributed by atoms with E-state index < -0.39 is 0 Å². The van der Waals surface area contributed by atoms with Gasteiger partial charge in [-0.15, -0.1) is 0 Å². The van der Waals surface area contributed by atoms with Crippen LogP contribution < -0.4 is 10.6 Å². The van der Waals surface area contributed by atoms with Crippen molar-refractivity contribution in [2.45, 2.75) is 57.8 Å². The van der Waals surface area contributed by atoms with E-state index in [2.05, 4.69) is 34.9 Å². The zero-order chi connectivity index (χ0) is 22.4. The molecule has 0 saturated heterocycles. The SMILES string of the molecule is O=C(Nc1ccc(Cc2ccc(NC(=O)[C@H]3C[C@H]4CC[C@H]3C4)cc2)cc1)[C@H]1C[C@H]2CC[C@H]1C2. The first kappa shape index (κ1) is 20.9. The van der Waals surface area contributed by atoms with Crippen molar-refractivity contribution in [3.8, 4) is 0 Å². The van der Waals surface area contributed by atoms with Crippen LogP contribution in [0.2, 0.25) is 0 Å². The lowest BCUT2D eigenvalue weighted by Crippen LogP contribution is -2.27. The van der Waals surface area contributed by atoms with Crippen LogP contribution in [-0.4, -0.2) is 11.8 Å². The summed E-state index contributed by atoms with van der Waals surface area (Å²) >= 11 is 0. The zero-order valence-electron chi connectivity index (χ0n) is 19.3. The minimum absolute atomic E-state index is 0.206. The molecule has 4 saturated carbocycles. The average molecular weight is 443 g/mol. The van der Waals surface area contributed by atoms with Crippen LogP contribution >= 0.6 is 0 Å². The van der Waals surface area contributed by atoms with Crippen LogP contribution in [0.25, 0.3) is 0 Å². The highest BCUT2D eigenvalue weighted by Crippen LogP contribution is 2.49. The molecule has 2 aromatic rings. The second-order valence-electron chi connectivity index (χ2n) is 11.1. The van der Waals surface area contributed by atoms with E-state index in [1.807, 2.05) is 24.3 Å². The van der Waals surface area contributed by atoms with Crippen molar-refractivity contribution in [3.05, 3.63) is 59.7 Å². The van der Waals surface area contributed by atoms with Gasteiger partial charge >= 0.3 is 0 Å². The highest BCUT2D eigenvalue weighted by Gasteiger charge is 2.43. The first-order chi connectivity index (χ1) is 16.1. The molecule has 0 heterocycles. The molecule has 4 heteroatoms. The van der Waals surface area contributed by atoms with Crippen LogP contribution in [0.3, 0.4) is 0 Å². The van der Waals surface area contributed by atoms with Crippen molar-refractivity contribution < 1.29 is 9.59 Å². The fraction of sp³-hybridized carbons (Fsp3) is 0.517. The molecule has 0 radical (unpaired) electrons. The van der Waals surface area contributed by atoms with Crippen LogP contribution in [0.1, 0.15) is 62.5 Å². The molecule has 172 valence electrons. The van der Waals surface area contributed by atoms with Gasteiger partial charge in [-0.1, -0.05) is 37.1 Å². The number of rotatable bonds is 6. The molecular formula is C29H34N2O2. The molecule has 2 amide bonds. The van der Waals surface area contributed by atoms with Gasteiger partial charge in [-0.05, 0) is 104 Å². The molecule has 6 rings (SSSR count). The van der Waals surface area contributed by atoms with E-state index in [0.29, 0.717) is 11.8 Å². The number of benzene rings is 2. The molecule has 4 bridgehead atoms. The van der Waals surface area contributed by atoms with Gasteiger partial charge < -0.3 is 10.6 Å². The van der Waals surface area contributed by atoms with E-state index in [4.69, 9.17) is 0 Å². The summed E-state index contributed by atoms with van der Waals surface area (Å²) in [7, 11) is 0. The van der Waals surface area contributed by atoms with Crippen LogP contribution in [-0.2, 0) is 16.0 Å². The lowest BCUT2D eigenvalue weighted by molar-refractivity contribution is -0.122. The molecule has 4 aliphatic rings. The van der Waals surface area contributed by atoms with Gasteiger partial charge in [-0.25, -0.2) is 0 Å². The fourth-order valence-corrected chi connectivity index (χ4v) is 7.25. The summed E-state index contributed by atoms with van der Waals surface area (Å²) in [5.74, 6) is 3.62. The smallest absolute Gasteiger partial charge is 0.227 e. The third-order valence-corrected chi connectivity index (χ3v) is 9.00. The van der Waals surface area contributed by atoms with E-state index in [-0.39, 0.29) is 23.7 Å². The predicted octanol–water partition coefficient (Wildman–Crippen LogP) is 6.03. The predicted molar refractivity (Wildman–Crippen MR) is 131 cm³/mol. The Hall–Kier alpha value is -2.62. The Morgan fingerprint density at radius 1 is 0.606 bits per heavy atom. The number of anilines is 2. The largest absolute Gasteiger partial charge is 0.326 e. The molecule has 0 aliphatic heterocycles. The van der Waals surface area contributed by atoms with Crippen molar-refractivity contribution in [1.29, 1.82) is 0 Å². The maximum absolute atomic E-state index is 12.7. The molecular weight excluding hydrogens is 408 g/mol. The molecule has 33 heavy (non-hydrogen) atoms. The zero-order valence-corrected chi connectivity index (χ0v) is 19.3. The Morgan fingerprint density at radius 2 is 1.03 bits per heavy atom. The number of hydrogen-bond donors (Lipinski definition) is 2. The first-order valence-electron chi connectivity index (χ1n) is 12.9. The highest BCUT2D eigenvalue weighted by atomic mass is 16.2. The Labute approximate surface area is 196 Å². The van der Waals surface area contributed by atoms with Gasteiger partial charge in [-0.2, -0.15) is 0 Å². The maximum atomic E-state index is 12.7. The van der Waals surface area contributed by atoms with Crippen molar-refractivity contribution in [2.24, 2.45) is 35.5 Å². The van der Waals surface area contributed by atoms with Crippen molar-refractivity contribution in [3.63, 3.8) is 0 Å². The highest BCUT2D eigenvalue weighted by molar-refractivity contribution is 5.93. The van der Waals surface area contributed by atoms with Gasteiger partial charge in [0.15, 0.2) is 0 Å². The number of amides is 2. The molecule has 4 aliphatic carbocycles. The third kappa shape index (κ3) is 4.32. The normalized spacial score (nSPS) is 31.6. The van der Waals surface area contributed by atoms with E-state index >= 15 is 0 Å². The third-order valence-electron chi connectivity index (χ3n) is 9.00. The number of carbonyl (C=O) groups excluding carboxylic acids is 2. The van der Waals surface area contributed by atoms with Crippen molar-refractivity contribution in [1.82, 2.24) is 0 Å². The summed E-state index contributed by atoms with van der Waals surface area (Å²) in [6.45, 7) is 0. The van der Waals surface area contributed by atoms with Gasteiger partial charge in [0.2, 0.25) is 11.8 Å². The number of fused-ring (bicyclic) bond motifs is 4. The Balaban J connectivity index is 1.01.